The Labute approximate surface area is 108 Å². The molecular weight excluding hydrogens is 276 g/mol. The number of rotatable bonds is 5. The van der Waals surface area contributed by atoms with Gasteiger partial charge in [0.15, 0.2) is 5.82 Å². The van der Waals surface area contributed by atoms with E-state index in [-0.39, 0.29) is 10.7 Å². The topological polar surface area (TPSA) is 64.0 Å². The fraction of sp³-hybridized carbons (Fsp3) is 0.182. The van der Waals surface area contributed by atoms with Crippen LogP contribution in [0, 0.1) is 0 Å². The quantitative estimate of drug-likeness (QED) is 0.914. The standard InChI is InChI=1S/C11H11F2N3O2S/c12-10(13)8-16-7-6-11(14-16)15-19(17,18)9-4-2-1-3-5-9/h1-7,10H,8H2,(H,14,15). The number of hydrogen-bond donors (Lipinski definition) is 1. The molecule has 0 amide bonds. The fourth-order valence-electron chi connectivity index (χ4n) is 1.46. The Kier molecular flexibility index (Phi) is 3.79. The van der Waals surface area contributed by atoms with Crippen molar-refractivity contribution in [1.82, 2.24) is 9.78 Å². The van der Waals surface area contributed by atoms with Gasteiger partial charge in [0.2, 0.25) is 0 Å². The second kappa shape index (κ2) is 5.35. The predicted molar refractivity (Wildman–Crippen MR) is 65.5 cm³/mol. The lowest BCUT2D eigenvalue weighted by Crippen LogP contribution is -2.14. The third kappa shape index (κ3) is 3.50. The molecule has 1 aromatic carbocycles. The highest BCUT2D eigenvalue weighted by Crippen LogP contribution is 2.14. The second-order valence-electron chi connectivity index (χ2n) is 3.73. The first-order valence-corrected chi connectivity index (χ1v) is 6.85. The third-order valence-electron chi connectivity index (χ3n) is 2.26. The maximum absolute atomic E-state index is 12.1. The Morgan fingerprint density at radius 2 is 1.89 bits per heavy atom. The molecule has 5 nitrogen and oxygen atoms in total. The number of benzene rings is 1. The lowest BCUT2D eigenvalue weighted by Gasteiger charge is -2.05. The van der Waals surface area contributed by atoms with Crippen LogP contribution in [0.5, 0.6) is 0 Å². The average Bonchev–Trinajstić information content (AvgIpc) is 2.76. The molecule has 19 heavy (non-hydrogen) atoms. The van der Waals surface area contributed by atoms with Crippen LogP contribution in [0.2, 0.25) is 0 Å². The van der Waals surface area contributed by atoms with Crippen LogP contribution in [0.15, 0.2) is 47.5 Å². The highest BCUT2D eigenvalue weighted by molar-refractivity contribution is 7.92. The molecule has 0 radical (unpaired) electrons. The number of sulfonamides is 1. The van der Waals surface area contributed by atoms with Crippen molar-refractivity contribution in [2.45, 2.75) is 17.9 Å². The van der Waals surface area contributed by atoms with Crippen LogP contribution in [0.25, 0.3) is 0 Å². The van der Waals surface area contributed by atoms with Crippen LogP contribution in [0.3, 0.4) is 0 Å². The van der Waals surface area contributed by atoms with Crippen molar-refractivity contribution in [2.75, 3.05) is 4.72 Å². The summed E-state index contributed by atoms with van der Waals surface area (Å²) in [5.41, 5.74) is 0. The molecule has 0 unspecified atom stereocenters. The Bertz CT molecular complexity index is 641. The number of nitrogens with one attached hydrogen (secondary N) is 1. The molecule has 0 atom stereocenters. The Morgan fingerprint density at radius 3 is 2.53 bits per heavy atom. The van der Waals surface area contributed by atoms with Crippen molar-refractivity contribution in [3.8, 4) is 0 Å². The van der Waals surface area contributed by atoms with Crippen LogP contribution < -0.4 is 4.72 Å². The van der Waals surface area contributed by atoms with E-state index in [0.717, 1.165) is 4.68 Å². The van der Waals surface area contributed by atoms with Crippen LogP contribution in [0.1, 0.15) is 0 Å². The van der Waals surface area contributed by atoms with Gasteiger partial charge in [-0.05, 0) is 12.1 Å². The molecule has 0 aliphatic rings. The molecule has 2 rings (SSSR count). The van der Waals surface area contributed by atoms with Gasteiger partial charge >= 0.3 is 0 Å². The second-order valence-corrected chi connectivity index (χ2v) is 5.42. The highest BCUT2D eigenvalue weighted by Gasteiger charge is 2.15. The molecule has 0 spiro atoms. The van der Waals surface area contributed by atoms with Crippen molar-refractivity contribution < 1.29 is 17.2 Å². The Morgan fingerprint density at radius 1 is 1.21 bits per heavy atom. The molecule has 102 valence electrons. The van der Waals surface area contributed by atoms with Crippen molar-refractivity contribution in [2.24, 2.45) is 0 Å². The lowest BCUT2D eigenvalue weighted by molar-refractivity contribution is 0.122. The zero-order chi connectivity index (χ0) is 13.9. The summed E-state index contributed by atoms with van der Waals surface area (Å²) in [6, 6.07) is 9.05. The highest BCUT2D eigenvalue weighted by atomic mass is 32.2. The summed E-state index contributed by atoms with van der Waals surface area (Å²) >= 11 is 0. The van der Waals surface area contributed by atoms with Gasteiger partial charge in [0.25, 0.3) is 16.4 Å². The van der Waals surface area contributed by atoms with E-state index in [2.05, 4.69) is 9.82 Å². The molecule has 0 saturated carbocycles. The summed E-state index contributed by atoms with van der Waals surface area (Å²) in [5.74, 6) is 0.00417. The fourth-order valence-corrected chi connectivity index (χ4v) is 2.47. The van der Waals surface area contributed by atoms with E-state index in [0.29, 0.717) is 0 Å². The number of alkyl halides is 2. The largest absolute Gasteiger partial charge is 0.265 e. The van der Waals surface area contributed by atoms with E-state index in [1.54, 1.807) is 18.2 Å². The number of nitrogens with zero attached hydrogens (tertiary/aromatic N) is 2. The molecular formula is C11H11F2N3O2S. The smallest absolute Gasteiger partial charge is 0.263 e. The lowest BCUT2D eigenvalue weighted by atomic mass is 10.4. The van der Waals surface area contributed by atoms with E-state index in [1.807, 2.05) is 0 Å². The van der Waals surface area contributed by atoms with Crippen LogP contribution in [-0.2, 0) is 16.6 Å². The molecule has 0 fully saturated rings. The van der Waals surface area contributed by atoms with Gasteiger partial charge in [-0.2, -0.15) is 5.10 Å². The summed E-state index contributed by atoms with van der Waals surface area (Å²) in [4.78, 5) is 0.0819. The van der Waals surface area contributed by atoms with Crippen LogP contribution in [0.4, 0.5) is 14.6 Å². The van der Waals surface area contributed by atoms with E-state index < -0.39 is 23.0 Å². The van der Waals surface area contributed by atoms with Crippen LogP contribution in [-0.4, -0.2) is 24.6 Å². The molecule has 0 bridgehead atoms. The minimum absolute atomic E-state index is 0.00417. The van der Waals surface area contributed by atoms with E-state index in [9.17, 15) is 17.2 Å². The zero-order valence-corrected chi connectivity index (χ0v) is 10.5. The molecule has 1 N–H and O–H groups in total. The van der Waals surface area contributed by atoms with Gasteiger partial charge in [-0.1, -0.05) is 18.2 Å². The number of halogens is 2. The molecule has 0 aliphatic heterocycles. The van der Waals surface area contributed by atoms with E-state index >= 15 is 0 Å². The molecule has 1 aromatic heterocycles. The average molecular weight is 287 g/mol. The summed E-state index contributed by atoms with van der Waals surface area (Å²) in [6.45, 7) is -0.576. The molecule has 0 saturated heterocycles. The predicted octanol–water partition coefficient (Wildman–Crippen LogP) is 1.95. The number of anilines is 1. The minimum Gasteiger partial charge on any atom is -0.265 e. The van der Waals surface area contributed by atoms with Crippen molar-refractivity contribution in [3.05, 3.63) is 42.6 Å². The summed E-state index contributed by atoms with van der Waals surface area (Å²) < 4.78 is 51.3. The molecule has 2 aromatic rings. The van der Waals surface area contributed by atoms with Gasteiger partial charge < -0.3 is 0 Å². The van der Waals surface area contributed by atoms with E-state index in [4.69, 9.17) is 0 Å². The van der Waals surface area contributed by atoms with Crippen molar-refractivity contribution in [1.29, 1.82) is 0 Å². The molecule has 1 heterocycles. The van der Waals surface area contributed by atoms with E-state index in [1.165, 1.54) is 24.4 Å². The maximum Gasteiger partial charge on any atom is 0.263 e. The van der Waals surface area contributed by atoms with Gasteiger partial charge in [0.05, 0.1) is 4.90 Å². The minimum atomic E-state index is -3.74. The van der Waals surface area contributed by atoms with Gasteiger partial charge in [0.1, 0.15) is 6.54 Å². The number of aromatic nitrogens is 2. The maximum atomic E-state index is 12.1. The van der Waals surface area contributed by atoms with Gasteiger partial charge in [-0.15, -0.1) is 0 Å². The SMILES string of the molecule is O=S(=O)(Nc1ccn(CC(F)F)n1)c1ccccc1. The van der Waals surface area contributed by atoms with Gasteiger partial charge in [-0.25, -0.2) is 17.2 Å². The first kappa shape index (κ1) is 13.5. The summed E-state index contributed by atoms with van der Waals surface area (Å²) in [7, 11) is -3.74. The Balaban J connectivity index is 2.15. The van der Waals surface area contributed by atoms with Crippen molar-refractivity contribution >= 4 is 15.8 Å². The van der Waals surface area contributed by atoms with Gasteiger partial charge in [0, 0.05) is 12.3 Å². The first-order valence-electron chi connectivity index (χ1n) is 5.37. The summed E-state index contributed by atoms with van der Waals surface area (Å²) in [5, 5.41) is 3.71. The number of hydrogen-bond acceptors (Lipinski definition) is 3. The monoisotopic (exact) mass is 287 g/mol. The zero-order valence-electron chi connectivity index (χ0n) is 9.70. The first-order chi connectivity index (χ1) is 8.97. The normalized spacial score (nSPS) is 11.7. The third-order valence-corrected chi connectivity index (χ3v) is 3.63. The van der Waals surface area contributed by atoms with Gasteiger partial charge in [-0.3, -0.25) is 9.40 Å². The van der Waals surface area contributed by atoms with Crippen molar-refractivity contribution in [3.63, 3.8) is 0 Å². The Hall–Kier alpha value is -1.96. The molecule has 0 aliphatic carbocycles. The van der Waals surface area contributed by atoms with Crippen LogP contribution >= 0.6 is 0 Å². The summed E-state index contributed by atoms with van der Waals surface area (Å²) in [6.07, 6.45) is -1.26. The molecule has 8 heteroatoms.